The van der Waals surface area contributed by atoms with Gasteiger partial charge in [0.15, 0.2) is 0 Å². The van der Waals surface area contributed by atoms with Crippen molar-refractivity contribution in [3.8, 4) is 11.1 Å². The summed E-state index contributed by atoms with van der Waals surface area (Å²) in [5.74, 6) is 0. The molecule has 0 fully saturated rings. The predicted octanol–water partition coefficient (Wildman–Crippen LogP) is 6.97. The minimum Gasteiger partial charge on any atom is -0.341 e. The lowest BCUT2D eigenvalue weighted by molar-refractivity contribution is 0.880. The van der Waals surface area contributed by atoms with Crippen LogP contribution in [0.3, 0.4) is 0 Å². The molecule has 26 heavy (non-hydrogen) atoms. The van der Waals surface area contributed by atoms with Crippen LogP contribution in [0.2, 0.25) is 0 Å². The number of benzene rings is 2. The van der Waals surface area contributed by atoms with E-state index in [0.717, 1.165) is 31.4 Å². The molecule has 1 aliphatic heterocycles. The van der Waals surface area contributed by atoms with E-state index in [9.17, 15) is 0 Å². The van der Waals surface area contributed by atoms with Crippen molar-refractivity contribution < 1.29 is 0 Å². The maximum atomic E-state index is 4.33. The van der Waals surface area contributed by atoms with Gasteiger partial charge < -0.3 is 4.90 Å². The molecule has 0 aromatic heterocycles. The molecule has 0 atom stereocenters. The number of nitrogens with zero attached hydrogens (tertiary/aromatic N) is 1. The lowest BCUT2D eigenvalue weighted by Gasteiger charge is -2.30. The highest BCUT2D eigenvalue weighted by atomic mass is 127. The first-order chi connectivity index (χ1) is 12.7. The number of rotatable bonds is 2. The molecular weight excluding hydrogens is 429 g/mol. The molecule has 0 unspecified atom stereocenters. The van der Waals surface area contributed by atoms with Crippen molar-refractivity contribution in [2.24, 2.45) is 0 Å². The molecule has 2 heteroatoms. The summed E-state index contributed by atoms with van der Waals surface area (Å²) in [7, 11) is 0. The number of allylic oxidation sites excluding steroid dienone is 5. The molecule has 0 amide bonds. The molecule has 4 rings (SSSR count). The number of hydrogen-bond donors (Lipinski definition) is 0. The number of fused-ring (bicyclic) bond motifs is 1. The summed E-state index contributed by atoms with van der Waals surface area (Å²) < 4.78 is 1.26. The molecule has 0 saturated carbocycles. The first-order valence-electron chi connectivity index (χ1n) is 9.12. The van der Waals surface area contributed by atoms with Gasteiger partial charge in [-0.3, -0.25) is 0 Å². The molecule has 1 nitrogen and oxygen atoms in total. The average Bonchev–Trinajstić information content (AvgIpc) is 2.67. The van der Waals surface area contributed by atoms with Crippen LogP contribution >= 0.6 is 22.6 Å². The van der Waals surface area contributed by atoms with Crippen molar-refractivity contribution in [1.29, 1.82) is 0 Å². The van der Waals surface area contributed by atoms with Gasteiger partial charge >= 0.3 is 0 Å². The summed E-state index contributed by atoms with van der Waals surface area (Å²) in [6, 6.07) is 15.5. The smallest absolute Gasteiger partial charge is 0.0490 e. The number of anilines is 1. The van der Waals surface area contributed by atoms with Crippen LogP contribution in [0.25, 0.3) is 16.7 Å². The van der Waals surface area contributed by atoms with Gasteiger partial charge in [0.25, 0.3) is 0 Å². The zero-order valence-corrected chi connectivity index (χ0v) is 16.9. The van der Waals surface area contributed by atoms with Crippen LogP contribution in [0.4, 0.5) is 5.69 Å². The summed E-state index contributed by atoms with van der Waals surface area (Å²) in [6.07, 6.45) is 14.6. The van der Waals surface area contributed by atoms with Gasteiger partial charge in [0, 0.05) is 27.1 Å². The largest absolute Gasteiger partial charge is 0.341 e. The molecule has 0 bridgehead atoms. The monoisotopic (exact) mass is 451 g/mol. The normalized spacial score (nSPS) is 18.0. The molecule has 1 aliphatic carbocycles. The van der Waals surface area contributed by atoms with Crippen molar-refractivity contribution >= 4 is 33.9 Å². The Labute approximate surface area is 169 Å². The lowest BCUT2D eigenvalue weighted by atomic mass is 9.95. The summed E-state index contributed by atoms with van der Waals surface area (Å²) in [6.45, 7) is 5.33. The van der Waals surface area contributed by atoms with E-state index in [4.69, 9.17) is 0 Å². The fourth-order valence-electron chi connectivity index (χ4n) is 3.56. The molecule has 2 aliphatic rings. The van der Waals surface area contributed by atoms with Crippen LogP contribution in [0.5, 0.6) is 0 Å². The summed E-state index contributed by atoms with van der Waals surface area (Å²) >= 11 is 2.35. The van der Waals surface area contributed by atoms with Gasteiger partial charge in [0.05, 0.1) is 0 Å². The van der Waals surface area contributed by atoms with Crippen molar-refractivity contribution in [2.45, 2.75) is 19.3 Å². The molecule has 2 aromatic rings. The first kappa shape index (κ1) is 17.3. The van der Waals surface area contributed by atoms with Crippen LogP contribution in [-0.4, -0.2) is 6.54 Å². The Balaban J connectivity index is 1.80. The zero-order chi connectivity index (χ0) is 17.9. The molecule has 1 heterocycles. The van der Waals surface area contributed by atoms with E-state index < -0.39 is 0 Å². The Morgan fingerprint density at radius 2 is 1.62 bits per heavy atom. The van der Waals surface area contributed by atoms with Crippen LogP contribution in [0, 0.1) is 3.57 Å². The SMILES string of the molecule is C=C1/C=C\CCN(C2=CCCC=C2)c2ccc(-c3ccc(I)cc3)cc21. The lowest BCUT2D eigenvalue weighted by Crippen LogP contribution is -2.25. The predicted molar refractivity (Wildman–Crippen MR) is 121 cm³/mol. The van der Waals surface area contributed by atoms with E-state index in [1.54, 1.807) is 0 Å². The maximum absolute atomic E-state index is 4.33. The standard InChI is InChI=1S/C24H22IN/c1-18-7-5-6-16-26(22-8-3-2-4-9-22)24-15-12-20(17-23(18)24)19-10-13-21(25)14-11-19/h3,5,7-15,17H,1-2,4,6,16H2/b7-5-. The van der Waals surface area contributed by atoms with Crippen molar-refractivity contribution in [3.05, 3.63) is 94.3 Å². The van der Waals surface area contributed by atoms with Crippen molar-refractivity contribution in [3.63, 3.8) is 0 Å². The summed E-state index contributed by atoms with van der Waals surface area (Å²) in [5, 5.41) is 0. The highest BCUT2D eigenvalue weighted by molar-refractivity contribution is 14.1. The van der Waals surface area contributed by atoms with E-state index in [2.05, 4.69) is 107 Å². The Kier molecular flexibility index (Phi) is 5.11. The molecule has 0 N–H and O–H groups in total. The second kappa shape index (κ2) is 7.67. The second-order valence-corrected chi connectivity index (χ2v) is 7.96. The summed E-state index contributed by atoms with van der Waals surface area (Å²) in [5.41, 5.74) is 7.35. The fourth-order valence-corrected chi connectivity index (χ4v) is 3.92. The van der Waals surface area contributed by atoms with Crippen molar-refractivity contribution in [2.75, 3.05) is 11.4 Å². The van der Waals surface area contributed by atoms with Gasteiger partial charge in [-0.05, 0) is 88.9 Å². The van der Waals surface area contributed by atoms with Crippen LogP contribution in [0.15, 0.2) is 85.1 Å². The minimum atomic E-state index is 0.996. The van der Waals surface area contributed by atoms with E-state index >= 15 is 0 Å². The van der Waals surface area contributed by atoms with Gasteiger partial charge in [0.1, 0.15) is 0 Å². The highest BCUT2D eigenvalue weighted by Gasteiger charge is 2.18. The molecule has 0 spiro atoms. The number of hydrogen-bond acceptors (Lipinski definition) is 1. The van der Waals surface area contributed by atoms with Gasteiger partial charge in [-0.1, -0.05) is 49.1 Å². The van der Waals surface area contributed by atoms with Gasteiger partial charge in [-0.15, -0.1) is 0 Å². The van der Waals surface area contributed by atoms with Crippen LogP contribution in [-0.2, 0) is 0 Å². The van der Waals surface area contributed by atoms with Crippen LogP contribution in [0.1, 0.15) is 24.8 Å². The highest BCUT2D eigenvalue weighted by Crippen LogP contribution is 2.36. The molecular formula is C24H22IN. The Bertz CT molecular complexity index is 916. The Hall–Kier alpha value is -2.07. The second-order valence-electron chi connectivity index (χ2n) is 6.72. The van der Waals surface area contributed by atoms with Gasteiger partial charge in [0.2, 0.25) is 0 Å². The molecule has 130 valence electrons. The minimum absolute atomic E-state index is 0.996. The van der Waals surface area contributed by atoms with Crippen molar-refractivity contribution in [1.82, 2.24) is 0 Å². The van der Waals surface area contributed by atoms with Crippen LogP contribution < -0.4 is 4.90 Å². The molecule has 0 saturated heterocycles. The topological polar surface area (TPSA) is 3.24 Å². The summed E-state index contributed by atoms with van der Waals surface area (Å²) in [4.78, 5) is 2.44. The fraction of sp³-hybridized carbons (Fsp3) is 0.167. The average molecular weight is 451 g/mol. The zero-order valence-electron chi connectivity index (χ0n) is 14.8. The van der Waals surface area contributed by atoms with Gasteiger partial charge in [-0.2, -0.15) is 0 Å². The third-order valence-electron chi connectivity index (χ3n) is 4.94. The Morgan fingerprint density at radius 1 is 0.846 bits per heavy atom. The number of halogens is 1. The third kappa shape index (κ3) is 3.56. The van der Waals surface area contributed by atoms with E-state index in [0.29, 0.717) is 0 Å². The van der Waals surface area contributed by atoms with E-state index in [1.807, 2.05) is 0 Å². The van der Waals surface area contributed by atoms with E-state index in [1.165, 1.54) is 31.6 Å². The van der Waals surface area contributed by atoms with Gasteiger partial charge in [-0.25, -0.2) is 0 Å². The molecule has 0 radical (unpaired) electrons. The Morgan fingerprint density at radius 3 is 2.38 bits per heavy atom. The maximum Gasteiger partial charge on any atom is 0.0490 e. The molecule has 2 aromatic carbocycles. The quantitative estimate of drug-likeness (QED) is 0.446. The first-order valence-corrected chi connectivity index (χ1v) is 10.2. The van der Waals surface area contributed by atoms with E-state index in [-0.39, 0.29) is 0 Å². The third-order valence-corrected chi connectivity index (χ3v) is 5.66.